The average molecular weight is 226 g/mol. The molecule has 1 N–H and O–H groups in total. The Morgan fingerprint density at radius 3 is 2.67 bits per heavy atom. The maximum Gasteiger partial charge on any atom is 0.307 e. The van der Waals surface area contributed by atoms with E-state index in [-0.39, 0.29) is 11.3 Å². The van der Waals surface area contributed by atoms with E-state index in [4.69, 9.17) is 9.84 Å². The maximum atomic E-state index is 11.1. The van der Waals surface area contributed by atoms with E-state index in [0.29, 0.717) is 13.2 Å². The van der Waals surface area contributed by atoms with Gasteiger partial charge in [0.25, 0.3) is 0 Å². The molecule has 1 aromatic heterocycles. The molecule has 0 aliphatic carbocycles. The molecule has 1 fully saturated rings. The lowest BCUT2D eigenvalue weighted by atomic mass is 9.72. The Bertz CT molecular complexity index is 379. The van der Waals surface area contributed by atoms with Crippen LogP contribution in [0.5, 0.6) is 0 Å². The van der Waals surface area contributed by atoms with Crippen molar-refractivity contribution in [2.24, 2.45) is 5.92 Å². The Kier molecular flexibility index (Phi) is 2.56. The molecule has 0 radical (unpaired) electrons. The Labute approximate surface area is 92.7 Å². The van der Waals surface area contributed by atoms with Crippen molar-refractivity contribution in [3.8, 4) is 0 Å². The largest absolute Gasteiger partial charge is 0.481 e. The van der Waals surface area contributed by atoms with Crippen molar-refractivity contribution in [3.05, 3.63) is 21.9 Å². The first kappa shape index (κ1) is 10.6. The minimum atomic E-state index is -0.744. The molecule has 0 saturated carbocycles. The lowest BCUT2D eigenvalue weighted by molar-refractivity contribution is -0.155. The number of ether oxygens (including phenoxy) is 1. The zero-order chi connectivity index (χ0) is 11.1. The summed E-state index contributed by atoms with van der Waals surface area (Å²) in [4.78, 5) is 12.3. The minimum absolute atomic E-state index is 0.288. The van der Waals surface area contributed by atoms with Gasteiger partial charge in [-0.3, -0.25) is 4.79 Å². The molecule has 82 valence electrons. The van der Waals surface area contributed by atoms with E-state index in [0.717, 1.165) is 0 Å². The third-order valence-corrected chi connectivity index (χ3v) is 4.47. The number of carbonyl (C=O) groups is 1. The predicted octanol–water partition coefficient (Wildman–Crippen LogP) is 2.05. The van der Waals surface area contributed by atoms with Gasteiger partial charge in [-0.2, -0.15) is 0 Å². The number of rotatable bonds is 3. The molecular formula is C11H14O3S. The first-order valence-electron chi connectivity index (χ1n) is 4.93. The van der Waals surface area contributed by atoms with E-state index in [1.165, 1.54) is 10.4 Å². The smallest absolute Gasteiger partial charge is 0.307 e. The second kappa shape index (κ2) is 3.61. The van der Waals surface area contributed by atoms with E-state index in [1.54, 1.807) is 18.3 Å². The van der Waals surface area contributed by atoms with Gasteiger partial charge in [0.05, 0.1) is 24.5 Å². The normalized spacial score (nSPS) is 20.7. The van der Waals surface area contributed by atoms with Crippen molar-refractivity contribution < 1.29 is 14.6 Å². The lowest BCUT2D eigenvalue weighted by Gasteiger charge is -2.44. The third-order valence-electron chi connectivity index (χ3n) is 3.23. The molecule has 15 heavy (non-hydrogen) atoms. The van der Waals surface area contributed by atoms with Crippen molar-refractivity contribution in [1.29, 1.82) is 0 Å². The number of carboxylic acids is 1. The summed E-state index contributed by atoms with van der Waals surface area (Å²) in [5.41, 5.74) is 0.890. The van der Waals surface area contributed by atoms with Gasteiger partial charge in [0.2, 0.25) is 0 Å². The highest BCUT2D eigenvalue weighted by molar-refractivity contribution is 7.10. The topological polar surface area (TPSA) is 46.5 Å². The molecule has 0 amide bonds. The first-order chi connectivity index (χ1) is 7.08. The second-order valence-electron chi connectivity index (χ2n) is 4.14. The summed E-state index contributed by atoms with van der Waals surface area (Å²) >= 11 is 1.63. The van der Waals surface area contributed by atoms with E-state index >= 15 is 0 Å². The van der Waals surface area contributed by atoms with Crippen molar-refractivity contribution in [1.82, 2.24) is 0 Å². The number of hydrogen-bond donors (Lipinski definition) is 1. The van der Waals surface area contributed by atoms with Crippen LogP contribution in [0.15, 0.2) is 11.4 Å². The average Bonchev–Trinajstić information content (AvgIpc) is 2.50. The van der Waals surface area contributed by atoms with Gasteiger partial charge in [-0.1, -0.05) is 6.92 Å². The fraction of sp³-hybridized carbons (Fsp3) is 0.545. The van der Waals surface area contributed by atoms with Gasteiger partial charge in [-0.25, -0.2) is 0 Å². The van der Waals surface area contributed by atoms with Crippen LogP contribution in [0.2, 0.25) is 0 Å². The first-order valence-corrected chi connectivity index (χ1v) is 5.81. The van der Waals surface area contributed by atoms with Gasteiger partial charge in [0.1, 0.15) is 0 Å². The molecule has 0 bridgehead atoms. The van der Waals surface area contributed by atoms with Gasteiger partial charge in [-0.05, 0) is 23.9 Å². The summed E-state index contributed by atoms with van der Waals surface area (Å²) in [6, 6.07) is 2.04. The van der Waals surface area contributed by atoms with Crippen molar-refractivity contribution in [2.75, 3.05) is 13.2 Å². The summed E-state index contributed by atoms with van der Waals surface area (Å²) in [5, 5.41) is 11.1. The zero-order valence-electron chi connectivity index (χ0n) is 8.82. The number of aryl methyl sites for hydroxylation is 1. The second-order valence-corrected chi connectivity index (χ2v) is 5.06. The fourth-order valence-electron chi connectivity index (χ4n) is 2.02. The standard InChI is InChI=1S/C11H14O3S/c1-7-3-4-15-9(7)11(5-14-6-11)8(2)10(12)13/h3-4,8H,5-6H2,1-2H3,(H,12,13). The van der Waals surface area contributed by atoms with Crippen LogP contribution in [-0.4, -0.2) is 24.3 Å². The lowest BCUT2D eigenvalue weighted by Crippen LogP contribution is -2.53. The fourth-order valence-corrected chi connectivity index (χ4v) is 3.21. The maximum absolute atomic E-state index is 11.1. The molecule has 0 aromatic carbocycles. The van der Waals surface area contributed by atoms with Crippen LogP contribution in [0.25, 0.3) is 0 Å². The van der Waals surface area contributed by atoms with E-state index in [9.17, 15) is 4.79 Å². The van der Waals surface area contributed by atoms with Crippen LogP contribution in [0.3, 0.4) is 0 Å². The Morgan fingerprint density at radius 1 is 1.67 bits per heavy atom. The number of hydrogen-bond acceptors (Lipinski definition) is 3. The zero-order valence-corrected chi connectivity index (χ0v) is 9.63. The number of aliphatic carboxylic acids is 1. The van der Waals surface area contributed by atoms with Gasteiger partial charge >= 0.3 is 5.97 Å². The SMILES string of the molecule is Cc1ccsc1C1(C(C)C(=O)O)COC1. The molecule has 1 aliphatic rings. The molecular weight excluding hydrogens is 212 g/mol. The van der Waals surface area contributed by atoms with Gasteiger partial charge < -0.3 is 9.84 Å². The molecule has 1 saturated heterocycles. The van der Waals surface area contributed by atoms with E-state index < -0.39 is 5.97 Å². The van der Waals surface area contributed by atoms with Crippen LogP contribution in [0, 0.1) is 12.8 Å². The Hall–Kier alpha value is -0.870. The highest BCUT2D eigenvalue weighted by atomic mass is 32.1. The van der Waals surface area contributed by atoms with E-state index in [2.05, 4.69) is 0 Å². The molecule has 2 rings (SSSR count). The summed E-state index contributed by atoms with van der Waals surface area (Å²) in [6.07, 6.45) is 0. The highest BCUT2D eigenvalue weighted by Crippen LogP contribution is 2.43. The quantitative estimate of drug-likeness (QED) is 0.858. The molecule has 3 nitrogen and oxygen atoms in total. The van der Waals surface area contributed by atoms with Crippen LogP contribution >= 0.6 is 11.3 Å². The number of thiophene rings is 1. The van der Waals surface area contributed by atoms with Crippen LogP contribution in [0.1, 0.15) is 17.4 Å². The molecule has 1 atom stereocenters. The summed E-state index contributed by atoms with van der Waals surface area (Å²) in [6.45, 7) is 4.86. The van der Waals surface area contributed by atoms with Crippen molar-refractivity contribution in [2.45, 2.75) is 19.3 Å². The minimum Gasteiger partial charge on any atom is -0.481 e. The monoisotopic (exact) mass is 226 g/mol. The molecule has 1 aromatic rings. The molecule has 1 aliphatic heterocycles. The Morgan fingerprint density at radius 2 is 2.33 bits per heavy atom. The van der Waals surface area contributed by atoms with Crippen LogP contribution in [-0.2, 0) is 14.9 Å². The summed E-state index contributed by atoms with van der Waals surface area (Å²) in [5.74, 6) is -1.13. The van der Waals surface area contributed by atoms with Crippen LogP contribution in [0.4, 0.5) is 0 Å². The third kappa shape index (κ3) is 1.48. The van der Waals surface area contributed by atoms with Crippen LogP contribution < -0.4 is 0 Å². The molecule has 2 heterocycles. The van der Waals surface area contributed by atoms with Gasteiger partial charge in [-0.15, -0.1) is 11.3 Å². The predicted molar refractivity (Wildman–Crippen MR) is 58.4 cm³/mol. The number of carboxylic acid groups (broad SMARTS) is 1. The highest BCUT2D eigenvalue weighted by Gasteiger charge is 2.49. The molecule has 0 spiro atoms. The van der Waals surface area contributed by atoms with Crippen molar-refractivity contribution >= 4 is 17.3 Å². The van der Waals surface area contributed by atoms with Crippen molar-refractivity contribution in [3.63, 3.8) is 0 Å². The van der Waals surface area contributed by atoms with E-state index in [1.807, 2.05) is 18.4 Å². The van der Waals surface area contributed by atoms with Gasteiger partial charge in [0.15, 0.2) is 0 Å². The van der Waals surface area contributed by atoms with Gasteiger partial charge in [0, 0.05) is 4.88 Å². The summed E-state index contributed by atoms with van der Waals surface area (Å²) < 4.78 is 5.23. The molecule has 1 unspecified atom stereocenters. The molecule has 4 heteroatoms. The Balaban J connectivity index is 2.38. The summed E-state index contributed by atoms with van der Waals surface area (Å²) in [7, 11) is 0.